The van der Waals surface area contributed by atoms with Crippen molar-refractivity contribution in [3.63, 3.8) is 0 Å². The molecule has 12 unspecified atom stereocenters. The Morgan fingerprint density at radius 1 is 0.193 bits per heavy atom. The molecule has 0 bridgehead atoms. The standard InChI is InChI=1S/C13H26P2.C12H23P.C11H20.3C6H13P.3C5H10.2CH4.6Fe/c1-14-12-7-3-5-10(12)9-11-6-4-8-13(11)15-2;1-13-12-8-4-7-11(12)9-10-5-2-3-6-10;1-2-6-10(5-1)9-11-7-3-4-8-11;3*1-7-6-4-2-3-5-6;3*1-2-4-5-3-1;;;;;;;;/h10-15H,3-9H2,1-2H3;10-13H,2-9H2,1H3;10-11H,1-9H2;3*6-7H,2-5H2,1H3;3*1-5H2;2*1H4;;;;;;. The number of hydrogen-bond acceptors (Lipinski definition) is 0. The van der Waals surface area contributed by atoms with Gasteiger partial charge in [-0.2, -0.15) is 0 Å². The van der Waals surface area contributed by atoms with E-state index in [1.54, 1.807) is 96.3 Å². The monoisotopic (exact) mass is 1520 g/mol. The second kappa shape index (κ2) is 67.7. The maximum absolute atomic E-state index is 2.43. The van der Waals surface area contributed by atoms with E-state index in [2.05, 4.69) is 40.0 Å². The molecule has 83 heavy (non-hydrogen) atoms. The molecule has 0 amide bonds. The summed E-state index contributed by atoms with van der Waals surface area (Å²) in [6, 6.07) is 0. The zero-order chi connectivity index (χ0) is 53.2. The SMILES string of the molecule is C.C.C1CCC(CC2CCCC2)C1.C1CCCC1.C1CCCC1.C1CCCC1.CPC1CCCC1.CPC1CCCC1.CPC1CCCC1.CPC1CCCC1CC1CCCC1.CPC1CCCC1CC1CCCC1PC.[Fe].[Fe].[Fe].[Fe].[Fe].[Fe]. The molecule has 12 rings (SSSR count). The third kappa shape index (κ3) is 47.3. The molecular weight excluding hydrogens is 1370 g/mol. The van der Waals surface area contributed by atoms with Crippen molar-refractivity contribution >= 4 is 51.5 Å². The zero-order valence-corrected chi connectivity index (χ0v) is 66.7. The fourth-order valence-corrected chi connectivity index (χ4v) is 23.2. The molecule has 12 aliphatic rings. The summed E-state index contributed by atoms with van der Waals surface area (Å²) >= 11 is 0. The summed E-state index contributed by atoms with van der Waals surface area (Å²) in [6.07, 6.45) is 77.8. The first-order valence-corrected chi connectivity index (χ1v) is 44.5. The van der Waals surface area contributed by atoms with Crippen LogP contribution in [0.15, 0.2) is 0 Å². The molecule has 12 atom stereocenters. The van der Waals surface area contributed by atoms with Crippen LogP contribution in [-0.2, 0) is 102 Å². The maximum atomic E-state index is 2.43. The zero-order valence-electron chi connectivity index (χ0n) is 54.1. The van der Waals surface area contributed by atoms with E-state index in [1.165, 1.54) is 283 Å². The third-order valence-corrected chi connectivity index (χ3v) is 30.1. The minimum atomic E-state index is 0. The van der Waals surface area contributed by atoms with Crippen LogP contribution in [0.4, 0.5) is 0 Å². The Bertz CT molecular complexity index is 1110. The predicted octanol–water partition coefficient (Wildman–Crippen LogP) is 26.0. The van der Waals surface area contributed by atoms with Gasteiger partial charge in [-0.05, 0) is 206 Å². The molecule has 12 saturated carbocycles. The van der Waals surface area contributed by atoms with Gasteiger partial charge in [0.05, 0.1) is 0 Å². The number of hydrogen-bond donors (Lipinski definition) is 0. The summed E-state index contributed by atoms with van der Waals surface area (Å²) < 4.78 is 0. The van der Waals surface area contributed by atoms with Crippen LogP contribution < -0.4 is 0 Å². The Labute approximate surface area is 599 Å². The van der Waals surface area contributed by atoms with Gasteiger partial charge in [-0.15, -0.1) is 51.5 Å². The van der Waals surface area contributed by atoms with E-state index < -0.39 is 0 Å². The predicted molar refractivity (Wildman–Crippen MR) is 378 cm³/mol. The average molecular weight is 1520 g/mol. The normalized spacial score (nSPS) is 28.0. The van der Waals surface area contributed by atoms with Gasteiger partial charge in [0, 0.05) is 102 Å². The van der Waals surface area contributed by atoms with Crippen LogP contribution >= 0.6 is 51.5 Å². The summed E-state index contributed by atoms with van der Waals surface area (Å²) in [5.41, 5.74) is 6.73. The Morgan fingerprint density at radius 2 is 0.386 bits per heavy atom. The van der Waals surface area contributed by atoms with Crippen molar-refractivity contribution in [1.82, 2.24) is 0 Å². The molecule has 508 valence electrons. The topological polar surface area (TPSA) is 0 Å². The second-order valence-corrected chi connectivity index (χ2v) is 35.2. The van der Waals surface area contributed by atoms with E-state index in [4.69, 9.17) is 0 Å². The van der Waals surface area contributed by atoms with Crippen LogP contribution in [0, 0.1) is 35.5 Å². The van der Waals surface area contributed by atoms with Crippen LogP contribution in [0.1, 0.15) is 342 Å². The van der Waals surface area contributed by atoms with Crippen molar-refractivity contribution in [3.05, 3.63) is 0 Å². The van der Waals surface area contributed by atoms with E-state index in [1.807, 2.05) is 0 Å². The Balaban J connectivity index is -0.000000278. The first-order valence-electron chi connectivity index (χ1n) is 35.0. The second-order valence-electron chi connectivity index (χ2n) is 27.0. The molecule has 12 heteroatoms. The molecule has 0 spiro atoms. The molecule has 0 nitrogen and oxygen atoms in total. The molecule has 0 aromatic carbocycles. The van der Waals surface area contributed by atoms with E-state index in [0.29, 0.717) is 0 Å². The smallest absolute Gasteiger partial charge is 0 e. The Hall–Kier alpha value is 5.70. The van der Waals surface area contributed by atoms with Gasteiger partial charge in [0.2, 0.25) is 0 Å². The summed E-state index contributed by atoms with van der Waals surface area (Å²) in [6.45, 7) is 14.3. The largest absolute Gasteiger partial charge is 0.122 e. The first kappa shape index (κ1) is 97.4. The minimum absolute atomic E-state index is 0. The van der Waals surface area contributed by atoms with Crippen molar-refractivity contribution < 1.29 is 102 Å². The number of rotatable bonds is 12. The van der Waals surface area contributed by atoms with Crippen LogP contribution in [0.3, 0.4) is 0 Å². The van der Waals surface area contributed by atoms with Crippen molar-refractivity contribution in [2.75, 3.05) is 40.0 Å². The quantitative estimate of drug-likeness (QED) is 0.135. The van der Waals surface area contributed by atoms with Gasteiger partial charge < -0.3 is 0 Å². The van der Waals surface area contributed by atoms with Crippen molar-refractivity contribution in [2.45, 2.75) is 376 Å². The molecule has 0 aliphatic heterocycles. The van der Waals surface area contributed by atoms with Gasteiger partial charge in [-0.1, -0.05) is 246 Å². The molecule has 0 N–H and O–H groups in total. The Morgan fingerprint density at radius 3 is 0.578 bits per heavy atom. The first-order chi connectivity index (χ1) is 37.0. The summed E-state index contributed by atoms with van der Waals surface area (Å²) in [5, 5.41) is 0. The molecule has 0 heterocycles. The summed E-state index contributed by atoms with van der Waals surface area (Å²) in [7, 11) is 7.27. The summed E-state index contributed by atoms with van der Waals surface area (Å²) in [4.78, 5) is 0. The average Bonchev–Trinajstić information content (AvgIpc) is 4.29. The van der Waals surface area contributed by atoms with E-state index in [0.717, 1.165) is 69.5 Å². The van der Waals surface area contributed by atoms with Crippen LogP contribution in [0.25, 0.3) is 0 Å². The van der Waals surface area contributed by atoms with Gasteiger partial charge in [0.15, 0.2) is 0 Å². The van der Waals surface area contributed by atoms with E-state index in [-0.39, 0.29) is 117 Å². The fourth-order valence-electron chi connectivity index (χ4n) is 16.4. The van der Waals surface area contributed by atoms with Crippen molar-refractivity contribution in [2.24, 2.45) is 35.5 Å². The minimum Gasteiger partial charge on any atom is -0.122 e. The molecule has 0 saturated heterocycles. The van der Waals surface area contributed by atoms with Gasteiger partial charge in [-0.25, -0.2) is 0 Å². The van der Waals surface area contributed by atoms with Crippen LogP contribution in [0.5, 0.6) is 0 Å². The molecule has 12 aliphatic carbocycles. The van der Waals surface area contributed by atoms with E-state index in [9.17, 15) is 0 Å². The molecule has 12 fully saturated rings. The molecule has 0 aromatic heterocycles. The fraction of sp³-hybridized carbons (Fsp3) is 1.00. The molecular formula is C71H146Fe6P6. The van der Waals surface area contributed by atoms with Gasteiger partial charge >= 0.3 is 0 Å². The van der Waals surface area contributed by atoms with Crippen molar-refractivity contribution in [1.29, 1.82) is 0 Å². The van der Waals surface area contributed by atoms with Gasteiger partial charge in [0.25, 0.3) is 0 Å². The molecule has 0 radical (unpaired) electrons. The van der Waals surface area contributed by atoms with Gasteiger partial charge in [0.1, 0.15) is 0 Å². The van der Waals surface area contributed by atoms with Crippen LogP contribution in [-0.4, -0.2) is 73.9 Å². The Kier molecular flexibility index (Phi) is 79.4. The summed E-state index contributed by atoms with van der Waals surface area (Å²) in [5.74, 6) is 6.77. The van der Waals surface area contributed by atoms with E-state index >= 15 is 0 Å². The van der Waals surface area contributed by atoms with Gasteiger partial charge in [-0.3, -0.25) is 0 Å². The van der Waals surface area contributed by atoms with Crippen molar-refractivity contribution in [3.8, 4) is 0 Å². The third-order valence-electron chi connectivity index (χ3n) is 21.5. The van der Waals surface area contributed by atoms with Crippen LogP contribution in [0.2, 0.25) is 0 Å². The maximum Gasteiger partial charge on any atom is 0 e. The molecule has 0 aromatic rings.